The van der Waals surface area contributed by atoms with Gasteiger partial charge in [-0.05, 0) is 25.6 Å². The average Bonchev–Trinajstić information content (AvgIpc) is 1.99. The van der Waals surface area contributed by atoms with Gasteiger partial charge < -0.3 is 5.32 Å². The van der Waals surface area contributed by atoms with Crippen molar-refractivity contribution in [2.75, 3.05) is 7.05 Å². The second-order valence-corrected chi connectivity index (χ2v) is 2.30. The molecule has 58 valence electrons. The number of hydrogen-bond donors (Lipinski definition) is 2. The molecule has 10 heavy (non-hydrogen) atoms. The highest BCUT2D eigenvalue weighted by Crippen LogP contribution is 1.80. The molecule has 0 rings (SSSR count). The average molecular weight is 159 g/mol. The van der Waals surface area contributed by atoms with E-state index in [-0.39, 0.29) is 0 Å². The van der Waals surface area contributed by atoms with Gasteiger partial charge >= 0.3 is 0 Å². The zero-order valence-corrected chi connectivity index (χ0v) is 7.38. The van der Waals surface area contributed by atoms with Crippen LogP contribution in [-0.2, 0) is 0 Å². The lowest BCUT2D eigenvalue weighted by Crippen LogP contribution is -2.29. The fourth-order valence-corrected chi connectivity index (χ4v) is 0.327. The second-order valence-electron chi connectivity index (χ2n) is 1.89. The molecular formula is C6H13N3S. The fourth-order valence-electron chi connectivity index (χ4n) is 0.281. The molecule has 0 radical (unpaired) electrons. The van der Waals surface area contributed by atoms with Gasteiger partial charge in [0.05, 0.1) is 0 Å². The quantitative estimate of drug-likeness (QED) is 0.356. The summed E-state index contributed by atoms with van der Waals surface area (Å²) >= 11 is 4.79. The summed E-state index contributed by atoms with van der Waals surface area (Å²) < 4.78 is 0. The van der Waals surface area contributed by atoms with E-state index in [4.69, 9.17) is 12.2 Å². The molecule has 4 heteroatoms. The van der Waals surface area contributed by atoms with Crippen LogP contribution >= 0.6 is 12.2 Å². The maximum absolute atomic E-state index is 4.79. The third-order valence-corrected chi connectivity index (χ3v) is 1.38. The lowest BCUT2D eigenvalue weighted by atomic mass is 10.3. The van der Waals surface area contributed by atoms with Gasteiger partial charge in [0.1, 0.15) is 0 Å². The molecule has 2 N–H and O–H groups in total. The minimum absolute atomic E-state index is 0.549. The molecule has 0 aromatic heterocycles. The van der Waals surface area contributed by atoms with Gasteiger partial charge in [-0.15, -0.1) is 0 Å². The van der Waals surface area contributed by atoms with Crippen molar-refractivity contribution in [1.29, 1.82) is 0 Å². The van der Waals surface area contributed by atoms with Gasteiger partial charge in [-0.3, -0.25) is 5.43 Å². The SMILES string of the molecule is CCC(C)=NNC(=S)NC. The van der Waals surface area contributed by atoms with Crippen molar-refractivity contribution in [3.8, 4) is 0 Å². The Bertz CT molecular complexity index is 142. The molecule has 0 heterocycles. The van der Waals surface area contributed by atoms with E-state index < -0.39 is 0 Å². The molecule has 0 aliphatic rings. The largest absolute Gasteiger partial charge is 0.364 e. The minimum Gasteiger partial charge on any atom is -0.364 e. The van der Waals surface area contributed by atoms with E-state index in [1.165, 1.54) is 0 Å². The van der Waals surface area contributed by atoms with E-state index in [9.17, 15) is 0 Å². The first-order chi connectivity index (χ1) is 4.70. The Hall–Kier alpha value is -0.640. The Kier molecular flexibility index (Phi) is 4.84. The van der Waals surface area contributed by atoms with Crippen molar-refractivity contribution in [2.24, 2.45) is 5.10 Å². The lowest BCUT2D eigenvalue weighted by Gasteiger charge is -2.00. The monoisotopic (exact) mass is 159 g/mol. The zero-order chi connectivity index (χ0) is 7.98. The van der Waals surface area contributed by atoms with Crippen LogP contribution in [0.4, 0.5) is 0 Å². The summed E-state index contributed by atoms with van der Waals surface area (Å²) in [6.45, 7) is 3.99. The molecular weight excluding hydrogens is 146 g/mol. The van der Waals surface area contributed by atoms with Gasteiger partial charge in [-0.1, -0.05) is 6.92 Å². The molecule has 0 spiro atoms. The van der Waals surface area contributed by atoms with E-state index in [1.54, 1.807) is 7.05 Å². The molecule has 0 saturated heterocycles. The van der Waals surface area contributed by atoms with Crippen molar-refractivity contribution in [1.82, 2.24) is 10.7 Å². The Labute approximate surface area is 66.9 Å². The summed E-state index contributed by atoms with van der Waals surface area (Å²) in [5, 5.41) is 7.28. The molecule has 0 unspecified atom stereocenters. The van der Waals surface area contributed by atoms with Crippen LogP contribution in [0.25, 0.3) is 0 Å². The van der Waals surface area contributed by atoms with Crippen LogP contribution in [-0.4, -0.2) is 17.9 Å². The first kappa shape index (κ1) is 9.36. The molecule has 0 saturated carbocycles. The van der Waals surface area contributed by atoms with Gasteiger partial charge in [-0.2, -0.15) is 5.10 Å². The molecule has 0 aliphatic heterocycles. The first-order valence-electron chi connectivity index (χ1n) is 3.21. The normalized spacial score (nSPS) is 10.9. The van der Waals surface area contributed by atoms with Gasteiger partial charge in [-0.25, -0.2) is 0 Å². The van der Waals surface area contributed by atoms with Crippen LogP contribution in [0.1, 0.15) is 20.3 Å². The van der Waals surface area contributed by atoms with E-state index in [0.29, 0.717) is 5.11 Å². The third kappa shape index (κ3) is 4.26. The van der Waals surface area contributed by atoms with Crippen molar-refractivity contribution in [3.63, 3.8) is 0 Å². The van der Waals surface area contributed by atoms with Gasteiger partial charge in [0.15, 0.2) is 5.11 Å². The summed E-state index contributed by atoms with van der Waals surface area (Å²) in [7, 11) is 1.76. The number of nitrogens with zero attached hydrogens (tertiary/aromatic N) is 1. The first-order valence-corrected chi connectivity index (χ1v) is 3.62. The molecule has 0 aliphatic carbocycles. The second kappa shape index (κ2) is 5.17. The smallest absolute Gasteiger partial charge is 0.186 e. The van der Waals surface area contributed by atoms with E-state index in [0.717, 1.165) is 12.1 Å². The topological polar surface area (TPSA) is 36.4 Å². The molecule has 0 bridgehead atoms. The molecule has 0 atom stereocenters. The minimum atomic E-state index is 0.549. The summed E-state index contributed by atoms with van der Waals surface area (Å²) in [5.41, 5.74) is 3.73. The van der Waals surface area contributed by atoms with Crippen LogP contribution in [0.5, 0.6) is 0 Å². The summed E-state index contributed by atoms with van der Waals surface area (Å²) in [5.74, 6) is 0. The van der Waals surface area contributed by atoms with Crippen LogP contribution in [0.15, 0.2) is 5.10 Å². The molecule has 0 amide bonds. The van der Waals surface area contributed by atoms with Crippen molar-refractivity contribution in [2.45, 2.75) is 20.3 Å². The highest BCUT2D eigenvalue weighted by atomic mass is 32.1. The van der Waals surface area contributed by atoms with E-state index in [1.807, 2.05) is 13.8 Å². The maximum atomic E-state index is 4.79. The third-order valence-electron chi connectivity index (χ3n) is 1.09. The van der Waals surface area contributed by atoms with Gasteiger partial charge in [0.2, 0.25) is 0 Å². The number of thiocarbonyl (C=S) groups is 1. The van der Waals surface area contributed by atoms with Gasteiger partial charge in [0.25, 0.3) is 0 Å². The highest BCUT2D eigenvalue weighted by Gasteiger charge is 1.86. The number of hydrogen-bond acceptors (Lipinski definition) is 2. The van der Waals surface area contributed by atoms with E-state index in [2.05, 4.69) is 15.8 Å². The van der Waals surface area contributed by atoms with Crippen molar-refractivity contribution < 1.29 is 0 Å². The predicted molar refractivity (Wildman–Crippen MR) is 48.2 cm³/mol. The predicted octanol–water partition coefficient (Wildman–Crippen LogP) is 0.866. The number of rotatable bonds is 2. The Morgan fingerprint density at radius 1 is 1.60 bits per heavy atom. The van der Waals surface area contributed by atoms with Crippen LogP contribution in [0, 0.1) is 0 Å². The van der Waals surface area contributed by atoms with Crippen LogP contribution < -0.4 is 10.7 Å². The van der Waals surface area contributed by atoms with Crippen LogP contribution in [0.3, 0.4) is 0 Å². The lowest BCUT2D eigenvalue weighted by molar-refractivity contribution is 0.962. The van der Waals surface area contributed by atoms with E-state index >= 15 is 0 Å². The zero-order valence-electron chi connectivity index (χ0n) is 6.56. The standard InChI is InChI=1S/C6H13N3S/c1-4-5(2)8-9-6(10)7-3/h4H2,1-3H3,(H2,7,9,10). The van der Waals surface area contributed by atoms with Gasteiger partial charge in [0, 0.05) is 12.8 Å². The number of hydrazone groups is 1. The van der Waals surface area contributed by atoms with Crippen molar-refractivity contribution >= 4 is 23.0 Å². The Balaban J connectivity index is 3.61. The summed E-state index contributed by atoms with van der Waals surface area (Å²) in [4.78, 5) is 0. The molecule has 0 fully saturated rings. The Morgan fingerprint density at radius 3 is 2.60 bits per heavy atom. The summed E-state index contributed by atoms with van der Waals surface area (Å²) in [6, 6.07) is 0. The highest BCUT2D eigenvalue weighted by molar-refractivity contribution is 7.80. The maximum Gasteiger partial charge on any atom is 0.186 e. The molecule has 0 aromatic rings. The molecule has 3 nitrogen and oxygen atoms in total. The molecule has 0 aromatic carbocycles. The Morgan fingerprint density at radius 2 is 2.20 bits per heavy atom. The fraction of sp³-hybridized carbons (Fsp3) is 0.667. The van der Waals surface area contributed by atoms with Crippen molar-refractivity contribution in [3.05, 3.63) is 0 Å². The van der Waals surface area contributed by atoms with Crippen LogP contribution in [0.2, 0.25) is 0 Å². The number of nitrogens with one attached hydrogen (secondary N) is 2. The summed E-state index contributed by atoms with van der Waals surface area (Å²) in [6.07, 6.45) is 0.944.